The summed E-state index contributed by atoms with van der Waals surface area (Å²) < 4.78 is 31.5. The fourth-order valence-corrected chi connectivity index (χ4v) is 2.65. The van der Waals surface area contributed by atoms with Gasteiger partial charge in [0.25, 0.3) is 0 Å². The summed E-state index contributed by atoms with van der Waals surface area (Å²) in [6.45, 7) is 15.4. The minimum Gasteiger partial charge on any atom is -0.428 e. The van der Waals surface area contributed by atoms with Gasteiger partial charge in [-0.15, -0.1) is 0 Å². The van der Waals surface area contributed by atoms with Gasteiger partial charge < -0.3 is 28.4 Å². The van der Waals surface area contributed by atoms with Crippen molar-refractivity contribution in [2.75, 3.05) is 0 Å². The topological polar surface area (TPSA) is 124 Å². The van der Waals surface area contributed by atoms with Crippen molar-refractivity contribution in [2.45, 2.75) is 79.9 Å². The highest BCUT2D eigenvalue weighted by atomic mass is 16.8. The van der Waals surface area contributed by atoms with Crippen LogP contribution in [0.2, 0.25) is 0 Å². The van der Waals surface area contributed by atoms with Crippen LogP contribution in [0.5, 0.6) is 23.0 Å². The third kappa shape index (κ3) is 10.3. The van der Waals surface area contributed by atoms with E-state index >= 15 is 0 Å². The van der Waals surface area contributed by atoms with E-state index in [0.29, 0.717) is 12.2 Å². The van der Waals surface area contributed by atoms with Gasteiger partial charge in [0.1, 0.15) is 22.7 Å². The van der Waals surface area contributed by atoms with Crippen molar-refractivity contribution < 1.29 is 47.6 Å². The molecule has 0 N–H and O–H groups in total. The Kier molecular flexibility index (Phi) is 9.73. The lowest BCUT2D eigenvalue weighted by atomic mass is 9.91. The van der Waals surface area contributed by atoms with Crippen LogP contribution in [0.15, 0.2) is 42.5 Å². The molecule has 2 rings (SSSR count). The number of hydrogen-bond acceptors (Lipinski definition) is 10. The van der Waals surface area contributed by atoms with E-state index in [1.165, 1.54) is 42.5 Å². The summed E-state index contributed by atoms with van der Waals surface area (Å²) in [6.07, 6.45) is -1.49. The van der Waals surface area contributed by atoms with Crippen molar-refractivity contribution in [2.24, 2.45) is 5.41 Å². The molecule has 0 atom stereocenters. The number of rotatable bonds is 7. The molecule has 0 radical (unpaired) electrons. The van der Waals surface area contributed by atoms with E-state index in [-0.39, 0.29) is 28.8 Å². The van der Waals surface area contributed by atoms with E-state index in [0.717, 1.165) is 0 Å². The Balaban J connectivity index is 2.22. The molecular formula is C29H36O10. The second kappa shape index (κ2) is 12.2. The molecule has 0 aliphatic rings. The first-order chi connectivity index (χ1) is 17.9. The monoisotopic (exact) mass is 544 g/mol. The fraction of sp³-hybridized carbons (Fsp3) is 0.448. The molecular weight excluding hydrogens is 508 g/mol. The lowest BCUT2D eigenvalue weighted by Gasteiger charge is -2.21. The number of carbonyl (C=O) groups excluding carboxylic acids is 4. The highest BCUT2D eigenvalue weighted by Crippen LogP contribution is 2.31. The Labute approximate surface area is 228 Å². The molecule has 0 saturated carbocycles. The first-order valence-corrected chi connectivity index (χ1v) is 12.4. The molecule has 0 saturated heterocycles. The summed E-state index contributed by atoms with van der Waals surface area (Å²) in [4.78, 5) is 49.6. The van der Waals surface area contributed by atoms with E-state index in [1.807, 2.05) is 6.92 Å². The third-order valence-electron chi connectivity index (χ3n) is 5.03. The average molecular weight is 545 g/mol. The summed E-state index contributed by atoms with van der Waals surface area (Å²) in [5.74, 6) is -1.11. The molecule has 0 heterocycles. The van der Waals surface area contributed by atoms with Crippen LogP contribution in [0.3, 0.4) is 0 Å². The molecule has 0 aliphatic heterocycles. The van der Waals surface area contributed by atoms with E-state index in [4.69, 9.17) is 28.4 Å². The van der Waals surface area contributed by atoms with Crippen molar-refractivity contribution in [3.05, 3.63) is 48.0 Å². The Morgan fingerprint density at radius 1 is 0.615 bits per heavy atom. The maximum absolute atomic E-state index is 12.8. The van der Waals surface area contributed by atoms with Crippen LogP contribution >= 0.6 is 0 Å². The zero-order valence-electron chi connectivity index (χ0n) is 23.8. The van der Waals surface area contributed by atoms with Crippen LogP contribution in [0.1, 0.15) is 79.1 Å². The van der Waals surface area contributed by atoms with E-state index in [2.05, 4.69) is 0 Å². The van der Waals surface area contributed by atoms with Gasteiger partial charge in [0.15, 0.2) is 11.5 Å². The molecule has 0 bridgehead atoms. The van der Waals surface area contributed by atoms with Crippen molar-refractivity contribution in [3.63, 3.8) is 0 Å². The quantitative estimate of drug-likeness (QED) is 0.207. The summed E-state index contributed by atoms with van der Waals surface area (Å²) in [5.41, 5.74) is -2.33. The summed E-state index contributed by atoms with van der Waals surface area (Å²) in [6, 6.07) is 9.71. The Hall–Kier alpha value is -4.08. The first kappa shape index (κ1) is 31.1. The van der Waals surface area contributed by atoms with Crippen molar-refractivity contribution >= 4 is 24.2 Å². The fourth-order valence-electron chi connectivity index (χ4n) is 2.65. The molecule has 2 aromatic rings. The number of hydrogen-bond donors (Lipinski definition) is 0. The molecule has 0 amide bonds. The van der Waals surface area contributed by atoms with Crippen molar-refractivity contribution in [1.29, 1.82) is 0 Å². The van der Waals surface area contributed by atoms with Crippen molar-refractivity contribution in [3.8, 4) is 23.0 Å². The van der Waals surface area contributed by atoms with Crippen LogP contribution in [0.25, 0.3) is 0 Å². The standard InChI is InChI=1S/C29H36O10/c1-10-29(8,9)24(31)35-20-14-12-19(13-15-20)34-23(30)18-11-16-21(36-25(32)38-27(2,3)4)22(17-18)37-26(33)39-28(5,6)7/h11-17H,10H2,1-9H3. The number of carbonyl (C=O) groups is 4. The van der Waals surface area contributed by atoms with Gasteiger partial charge in [-0.3, -0.25) is 4.79 Å². The van der Waals surface area contributed by atoms with E-state index in [9.17, 15) is 19.2 Å². The second-order valence-electron chi connectivity index (χ2n) is 11.3. The zero-order chi connectivity index (χ0) is 29.6. The van der Waals surface area contributed by atoms with Gasteiger partial charge in [0.2, 0.25) is 0 Å². The molecule has 0 aromatic heterocycles. The van der Waals surface area contributed by atoms with E-state index < -0.39 is 34.9 Å². The molecule has 39 heavy (non-hydrogen) atoms. The zero-order valence-corrected chi connectivity index (χ0v) is 23.8. The van der Waals surface area contributed by atoms with Crippen LogP contribution in [-0.2, 0) is 14.3 Å². The third-order valence-corrected chi connectivity index (χ3v) is 5.03. The first-order valence-electron chi connectivity index (χ1n) is 12.4. The lowest BCUT2D eigenvalue weighted by Crippen LogP contribution is -2.28. The summed E-state index contributed by atoms with van der Waals surface area (Å²) >= 11 is 0. The van der Waals surface area contributed by atoms with Crippen LogP contribution < -0.4 is 18.9 Å². The van der Waals surface area contributed by atoms with Crippen molar-refractivity contribution in [1.82, 2.24) is 0 Å². The van der Waals surface area contributed by atoms with Gasteiger partial charge in [-0.1, -0.05) is 6.92 Å². The van der Waals surface area contributed by atoms with Gasteiger partial charge in [-0.25, -0.2) is 14.4 Å². The Bertz CT molecular complexity index is 1200. The molecule has 0 spiro atoms. The number of esters is 2. The highest BCUT2D eigenvalue weighted by Gasteiger charge is 2.28. The number of benzene rings is 2. The predicted octanol–water partition coefficient (Wildman–Crippen LogP) is 6.88. The highest BCUT2D eigenvalue weighted by molar-refractivity contribution is 5.92. The molecule has 212 valence electrons. The SMILES string of the molecule is CCC(C)(C)C(=O)Oc1ccc(OC(=O)c2ccc(OC(=O)OC(C)(C)C)c(OC(=O)OC(C)(C)C)c2)cc1. The normalized spacial score (nSPS) is 11.7. The Morgan fingerprint density at radius 2 is 1.08 bits per heavy atom. The maximum atomic E-state index is 12.8. The van der Waals surface area contributed by atoms with Gasteiger partial charge in [0.05, 0.1) is 11.0 Å². The van der Waals surface area contributed by atoms with Gasteiger partial charge in [0, 0.05) is 0 Å². The largest absolute Gasteiger partial charge is 0.514 e. The van der Waals surface area contributed by atoms with Gasteiger partial charge in [-0.05, 0) is 104 Å². The smallest absolute Gasteiger partial charge is 0.428 e. The molecule has 10 heteroatoms. The lowest BCUT2D eigenvalue weighted by molar-refractivity contribution is -0.144. The predicted molar refractivity (Wildman–Crippen MR) is 141 cm³/mol. The molecule has 2 aromatic carbocycles. The molecule has 0 unspecified atom stereocenters. The van der Waals surface area contributed by atoms with Crippen LogP contribution in [0, 0.1) is 5.41 Å². The minimum atomic E-state index is -1.07. The summed E-state index contributed by atoms with van der Waals surface area (Å²) in [7, 11) is 0. The Morgan fingerprint density at radius 3 is 1.54 bits per heavy atom. The average Bonchev–Trinajstić information content (AvgIpc) is 2.78. The summed E-state index contributed by atoms with van der Waals surface area (Å²) in [5, 5.41) is 0. The van der Waals surface area contributed by atoms with Crippen LogP contribution in [0.4, 0.5) is 9.59 Å². The van der Waals surface area contributed by atoms with Gasteiger partial charge in [-0.2, -0.15) is 0 Å². The molecule has 0 aliphatic carbocycles. The van der Waals surface area contributed by atoms with E-state index in [1.54, 1.807) is 55.4 Å². The molecule has 0 fully saturated rings. The maximum Gasteiger partial charge on any atom is 0.514 e. The van der Waals surface area contributed by atoms with Crippen LogP contribution in [-0.4, -0.2) is 35.5 Å². The van der Waals surface area contributed by atoms with Gasteiger partial charge >= 0.3 is 24.2 Å². The molecule has 10 nitrogen and oxygen atoms in total. The number of ether oxygens (including phenoxy) is 6. The second-order valence-corrected chi connectivity index (χ2v) is 11.3. The minimum absolute atomic E-state index is 0.00898.